The highest BCUT2D eigenvalue weighted by molar-refractivity contribution is 7.98. The van der Waals surface area contributed by atoms with Crippen molar-refractivity contribution in [1.29, 1.82) is 0 Å². The monoisotopic (exact) mass is 323 g/mol. The summed E-state index contributed by atoms with van der Waals surface area (Å²) in [6, 6.07) is 0.252. The summed E-state index contributed by atoms with van der Waals surface area (Å²) in [5, 5.41) is 18.2. The van der Waals surface area contributed by atoms with Crippen molar-refractivity contribution in [2.75, 3.05) is 12.0 Å². The number of hydrogen-bond acceptors (Lipinski definition) is 5. The lowest BCUT2D eigenvalue weighted by Gasteiger charge is -2.14. The third-order valence-electron chi connectivity index (χ3n) is 2.18. The van der Waals surface area contributed by atoms with Gasteiger partial charge in [0.05, 0.1) is 5.56 Å². The highest BCUT2D eigenvalue weighted by atomic mass is 35.5. The average Bonchev–Trinajstić information content (AvgIpc) is 2.36. The molecule has 1 aromatic rings. The molecule has 0 bridgehead atoms. The Bertz CT molecular complexity index is 487. The number of aliphatic carboxylic acids is 1. The first kappa shape index (κ1) is 16.0. The number of hydrogen-bond donors (Lipinski definition) is 2. The molecule has 1 heterocycles. The van der Waals surface area contributed by atoms with E-state index in [2.05, 4.69) is 15.5 Å². The SMILES string of the molecule is CSCC[C@@H](NC(=O)c1cc(Cl)nnc1Cl)C(=O)O. The summed E-state index contributed by atoms with van der Waals surface area (Å²) in [7, 11) is 0. The second kappa shape index (κ2) is 7.52. The molecule has 2 N–H and O–H groups in total. The third-order valence-corrected chi connectivity index (χ3v) is 3.29. The second-order valence-corrected chi connectivity index (χ2v) is 5.25. The first-order valence-corrected chi connectivity index (χ1v) is 7.32. The topological polar surface area (TPSA) is 92.2 Å². The van der Waals surface area contributed by atoms with Crippen molar-refractivity contribution in [1.82, 2.24) is 15.5 Å². The van der Waals surface area contributed by atoms with Crippen LogP contribution in [0.15, 0.2) is 6.07 Å². The van der Waals surface area contributed by atoms with Crippen LogP contribution in [0.25, 0.3) is 0 Å². The van der Waals surface area contributed by atoms with Gasteiger partial charge < -0.3 is 10.4 Å². The van der Waals surface area contributed by atoms with E-state index in [1.54, 1.807) is 0 Å². The van der Waals surface area contributed by atoms with Gasteiger partial charge in [-0.25, -0.2) is 4.79 Å². The molecule has 0 aliphatic heterocycles. The molecule has 1 rings (SSSR count). The van der Waals surface area contributed by atoms with Crippen molar-refractivity contribution in [3.05, 3.63) is 21.9 Å². The van der Waals surface area contributed by atoms with Crippen LogP contribution in [-0.2, 0) is 4.79 Å². The molecule has 104 valence electrons. The average molecular weight is 324 g/mol. The fourth-order valence-electron chi connectivity index (χ4n) is 1.24. The standard InChI is InChI=1S/C10H11Cl2N3O3S/c1-19-3-2-6(10(17)18)13-9(16)5-4-7(11)14-15-8(5)12/h4,6H,2-3H2,1H3,(H,13,16)(H,17,18)/t6-/m1/s1. The van der Waals surface area contributed by atoms with Gasteiger partial charge in [-0.15, -0.1) is 10.2 Å². The number of carbonyl (C=O) groups is 2. The largest absolute Gasteiger partial charge is 0.480 e. The fourth-order valence-corrected chi connectivity index (χ4v) is 2.04. The van der Waals surface area contributed by atoms with E-state index in [1.165, 1.54) is 17.8 Å². The lowest BCUT2D eigenvalue weighted by Crippen LogP contribution is -2.41. The Kier molecular flexibility index (Phi) is 6.33. The predicted octanol–water partition coefficient (Wildman–Crippen LogP) is 1.72. The van der Waals surface area contributed by atoms with Crippen LogP contribution < -0.4 is 5.32 Å². The van der Waals surface area contributed by atoms with E-state index in [0.29, 0.717) is 12.2 Å². The molecule has 0 saturated carbocycles. The molecule has 1 atom stereocenters. The summed E-state index contributed by atoms with van der Waals surface area (Å²) in [5.41, 5.74) is -0.00271. The van der Waals surface area contributed by atoms with Crippen LogP contribution in [0.3, 0.4) is 0 Å². The number of rotatable bonds is 6. The molecule has 6 nitrogen and oxygen atoms in total. The van der Waals surface area contributed by atoms with Gasteiger partial charge in [0.15, 0.2) is 10.3 Å². The number of amides is 1. The summed E-state index contributed by atoms with van der Waals surface area (Å²) in [5.74, 6) is -1.14. The highest BCUT2D eigenvalue weighted by Crippen LogP contribution is 2.15. The molecule has 0 fully saturated rings. The van der Waals surface area contributed by atoms with Crippen molar-refractivity contribution in [3.8, 4) is 0 Å². The fraction of sp³-hybridized carbons (Fsp3) is 0.400. The molecule has 0 spiro atoms. The van der Waals surface area contributed by atoms with Crippen molar-refractivity contribution in [2.24, 2.45) is 0 Å². The van der Waals surface area contributed by atoms with E-state index in [9.17, 15) is 9.59 Å². The summed E-state index contributed by atoms with van der Waals surface area (Å²) in [4.78, 5) is 22.9. The van der Waals surface area contributed by atoms with Crippen LogP contribution >= 0.6 is 35.0 Å². The molecule has 19 heavy (non-hydrogen) atoms. The minimum Gasteiger partial charge on any atom is -0.480 e. The Morgan fingerprint density at radius 2 is 2.16 bits per heavy atom. The van der Waals surface area contributed by atoms with Crippen molar-refractivity contribution < 1.29 is 14.7 Å². The van der Waals surface area contributed by atoms with Crippen LogP contribution in [-0.4, -0.2) is 45.2 Å². The van der Waals surface area contributed by atoms with Crippen molar-refractivity contribution in [3.63, 3.8) is 0 Å². The number of carbonyl (C=O) groups excluding carboxylic acids is 1. The van der Waals surface area contributed by atoms with Gasteiger partial charge in [0.2, 0.25) is 0 Å². The predicted molar refractivity (Wildman–Crippen MR) is 73.9 cm³/mol. The summed E-state index contributed by atoms with van der Waals surface area (Å²) in [6.45, 7) is 0. The zero-order valence-electron chi connectivity index (χ0n) is 9.89. The zero-order chi connectivity index (χ0) is 14.4. The highest BCUT2D eigenvalue weighted by Gasteiger charge is 2.22. The van der Waals surface area contributed by atoms with E-state index in [-0.39, 0.29) is 15.9 Å². The quantitative estimate of drug-likeness (QED) is 0.828. The van der Waals surface area contributed by atoms with Crippen LogP contribution in [0.1, 0.15) is 16.8 Å². The van der Waals surface area contributed by atoms with Crippen LogP contribution in [0.5, 0.6) is 0 Å². The van der Waals surface area contributed by atoms with Gasteiger partial charge in [0.25, 0.3) is 5.91 Å². The second-order valence-electron chi connectivity index (χ2n) is 3.52. The van der Waals surface area contributed by atoms with E-state index in [1.807, 2.05) is 6.26 Å². The number of thioether (sulfide) groups is 1. The molecule has 0 radical (unpaired) electrons. The van der Waals surface area contributed by atoms with Crippen molar-refractivity contribution >= 4 is 46.8 Å². The van der Waals surface area contributed by atoms with Crippen LogP contribution in [0, 0.1) is 0 Å². The molecular weight excluding hydrogens is 313 g/mol. The molecule has 0 aliphatic rings. The van der Waals surface area contributed by atoms with E-state index >= 15 is 0 Å². The van der Waals surface area contributed by atoms with Gasteiger partial charge in [0.1, 0.15) is 6.04 Å². The van der Waals surface area contributed by atoms with Gasteiger partial charge in [0, 0.05) is 0 Å². The Morgan fingerprint density at radius 1 is 1.47 bits per heavy atom. The first-order chi connectivity index (χ1) is 8.95. The first-order valence-electron chi connectivity index (χ1n) is 5.17. The Morgan fingerprint density at radius 3 is 2.74 bits per heavy atom. The minimum atomic E-state index is -1.10. The number of carboxylic acid groups (broad SMARTS) is 1. The molecule has 0 unspecified atom stereocenters. The van der Waals surface area contributed by atoms with E-state index < -0.39 is 17.9 Å². The molecular formula is C10H11Cl2N3O3S. The zero-order valence-corrected chi connectivity index (χ0v) is 12.2. The number of nitrogens with zero attached hydrogens (tertiary/aromatic N) is 2. The maximum absolute atomic E-state index is 11.9. The molecule has 0 aromatic carbocycles. The maximum atomic E-state index is 11.9. The molecule has 0 saturated heterocycles. The van der Waals surface area contributed by atoms with E-state index in [0.717, 1.165) is 0 Å². The Labute approximate surface area is 123 Å². The Hall–Kier alpha value is -1.05. The number of halogens is 2. The van der Waals surface area contributed by atoms with Gasteiger partial charge >= 0.3 is 5.97 Å². The summed E-state index contributed by atoms with van der Waals surface area (Å²) in [6.07, 6.45) is 2.16. The molecule has 0 aliphatic carbocycles. The smallest absolute Gasteiger partial charge is 0.326 e. The lowest BCUT2D eigenvalue weighted by atomic mass is 10.2. The van der Waals surface area contributed by atoms with Gasteiger partial charge in [-0.3, -0.25) is 4.79 Å². The van der Waals surface area contributed by atoms with Crippen molar-refractivity contribution in [2.45, 2.75) is 12.5 Å². The maximum Gasteiger partial charge on any atom is 0.326 e. The number of carboxylic acids is 1. The van der Waals surface area contributed by atoms with Gasteiger partial charge in [-0.05, 0) is 24.5 Å². The number of aromatic nitrogens is 2. The normalized spacial score (nSPS) is 11.9. The molecule has 1 aromatic heterocycles. The van der Waals surface area contributed by atoms with Gasteiger partial charge in [-0.1, -0.05) is 23.2 Å². The van der Waals surface area contributed by atoms with Gasteiger partial charge in [-0.2, -0.15) is 11.8 Å². The third kappa shape index (κ3) is 4.85. The van der Waals surface area contributed by atoms with Crippen LogP contribution in [0.2, 0.25) is 10.3 Å². The van der Waals surface area contributed by atoms with E-state index in [4.69, 9.17) is 28.3 Å². The Balaban J connectivity index is 2.81. The van der Waals surface area contributed by atoms with Crippen LogP contribution in [0.4, 0.5) is 0 Å². The summed E-state index contributed by atoms with van der Waals surface area (Å²) < 4.78 is 0. The summed E-state index contributed by atoms with van der Waals surface area (Å²) >= 11 is 12.8. The molecule has 9 heteroatoms. The lowest BCUT2D eigenvalue weighted by molar-refractivity contribution is -0.139. The minimum absolute atomic E-state index is 0.00271. The number of nitrogens with one attached hydrogen (secondary N) is 1. The molecule has 1 amide bonds.